The molecule has 4 nitrogen and oxygen atoms in total. The highest BCUT2D eigenvalue weighted by molar-refractivity contribution is 5.94. The highest BCUT2D eigenvalue weighted by Gasteiger charge is 2.31. The molecular formula is C21H25N3O. The molecule has 1 atom stereocenters. The molecule has 1 aromatic heterocycles. The number of hydrogen-bond donors (Lipinski definition) is 0. The van der Waals surface area contributed by atoms with Crippen LogP contribution in [0.3, 0.4) is 0 Å². The van der Waals surface area contributed by atoms with Crippen LogP contribution in [0.4, 0.5) is 0 Å². The van der Waals surface area contributed by atoms with Crippen LogP contribution in [-0.4, -0.2) is 40.3 Å². The zero-order valence-electron chi connectivity index (χ0n) is 14.6. The van der Waals surface area contributed by atoms with Crippen LogP contribution in [0.5, 0.6) is 0 Å². The average Bonchev–Trinajstić information content (AvgIpc) is 3.34. The van der Waals surface area contributed by atoms with Gasteiger partial charge in [0, 0.05) is 18.7 Å². The molecule has 0 spiro atoms. The van der Waals surface area contributed by atoms with Gasteiger partial charge in [0.1, 0.15) is 0 Å². The summed E-state index contributed by atoms with van der Waals surface area (Å²) in [5.41, 5.74) is 2.93. The van der Waals surface area contributed by atoms with Crippen LogP contribution in [0.15, 0.2) is 48.5 Å². The summed E-state index contributed by atoms with van der Waals surface area (Å²) in [4.78, 5) is 22.3. The summed E-state index contributed by atoms with van der Waals surface area (Å²) in [6.07, 6.45) is 4.63. The number of nitrogens with zero attached hydrogens (tertiary/aromatic N) is 3. The normalized spacial score (nSPS) is 21.0. The zero-order valence-corrected chi connectivity index (χ0v) is 14.6. The van der Waals surface area contributed by atoms with Gasteiger partial charge in [-0.15, -0.1) is 0 Å². The minimum atomic E-state index is 0.103. The van der Waals surface area contributed by atoms with Gasteiger partial charge in [-0.05, 0) is 63.0 Å². The smallest absolute Gasteiger partial charge is 0.254 e. The number of carbonyl (C=O) groups excluding carboxylic acids is 1. The maximum Gasteiger partial charge on any atom is 0.254 e. The van der Waals surface area contributed by atoms with Crippen molar-refractivity contribution in [3.05, 3.63) is 65.5 Å². The number of hydrogen-bond acceptors (Lipinski definition) is 3. The van der Waals surface area contributed by atoms with E-state index in [0.717, 1.165) is 42.9 Å². The number of carbonyl (C=O) groups is 1. The molecule has 4 heteroatoms. The van der Waals surface area contributed by atoms with E-state index in [9.17, 15) is 4.79 Å². The van der Waals surface area contributed by atoms with E-state index in [2.05, 4.69) is 23.1 Å². The Morgan fingerprint density at radius 3 is 2.56 bits per heavy atom. The van der Waals surface area contributed by atoms with Crippen molar-refractivity contribution in [1.82, 2.24) is 14.8 Å². The number of likely N-dealkylation sites (tertiary alicyclic amines) is 2. The second-order valence-corrected chi connectivity index (χ2v) is 7.06. The lowest BCUT2D eigenvalue weighted by molar-refractivity contribution is 0.0732. The first-order chi connectivity index (χ1) is 12.3. The Bertz CT molecular complexity index is 725. The first-order valence-electron chi connectivity index (χ1n) is 9.35. The monoisotopic (exact) mass is 335 g/mol. The van der Waals surface area contributed by atoms with Crippen molar-refractivity contribution in [3.8, 4) is 0 Å². The molecule has 2 saturated heterocycles. The van der Waals surface area contributed by atoms with Gasteiger partial charge in [0.25, 0.3) is 5.91 Å². The highest BCUT2D eigenvalue weighted by Crippen LogP contribution is 2.32. The van der Waals surface area contributed by atoms with E-state index in [0.29, 0.717) is 0 Å². The molecule has 0 radical (unpaired) electrons. The molecule has 0 aliphatic carbocycles. The lowest BCUT2D eigenvalue weighted by atomic mass is 10.1. The number of benzene rings is 1. The lowest BCUT2D eigenvalue weighted by Crippen LogP contribution is -2.31. The van der Waals surface area contributed by atoms with Crippen molar-refractivity contribution in [2.75, 3.05) is 19.6 Å². The third kappa shape index (κ3) is 3.59. The largest absolute Gasteiger partial charge is 0.330 e. The SMILES string of the molecule is O=C(c1ccccc1)N1CCC[C@@H]1c1cccc(CN2CCCC2)n1. The Morgan fingerprint density at radius 2 is 1.76 bits per heavy atom. The Kier molecular flexibility index (Phi) is 4.79. The molecular weight excluding hydrogens is 310 g/mol. The van der Waals surface area contributed by atoms with Gasteiger partial charge in [0.05, 0.1) is 17.4 Å². The minimum Gasteiger partial charge on any atom is -0.330 e. The third-order valence-corrected chi connectivity index (χ3v) is 5.29. The van der Waals surface area contributed by atoms with Gasteiger partial charge in [0.2, 0.25) is 0 Å². The molecule has 2 aliphatic heterocycles. The van der Waals surface area contributed by atoms with Crippen LogP contribution in [0, 0.1) is 0 Å². The van der Waals surface area contributed by atoms with E-state index in [-0.39, 0.29) is 11.9 Å². The second-order valence-electron chi connectivity index (χ2n) is 7.06. The molecule has 0 N–H and O–H groups in total. The summed E-state index contributed by atoms with van der Waals surface area (Å²) in [6, 6.07) is 16.0. The van der Waals surface area contributed by atoms with Crippen LogP contribution in [0.25, 0.3) is 0 Å². The summed E-state index contributed by atoms with van der Waals surface area (Å²) < 4.78 is 0. The summed E-state index contributed by atoms with van der Waals surface area (Å²) in [5.74, 6) is 0.120. The van der Waals surface area contributed by atoms with Gasteiger partial charge in [0.15, 0.2) is 0 Å². The Labute approximate surface area is 149 Å². The van der Waals surface area contributed by atoms with Gasteiger partial charge >= 0.3 is 0 Å². The molecule has 25 heavy (non-hydrogen) atoms. The topological polar surface area (TPSA) is 36.4 Å². The van der Waals surface area contributed by atoms with Crippen molar-refractivity contribution in [3.63, 3.8) is 0 Å². The molecule has 0 bridgehead atoms. The van der Waals surface area contributed by atoms with Crippen LogP contribution >= 0.6 is 0 Å². The Morgan fingerprint density at radius 1 is 0.960 bits per heavy atom. The van der Waals surface area contributed by atoms with E-state index >= 15 is 0 Å². The van der Waals surface area contributed by atoms with Crippen LogP contribution in [0.1, 0.15) is 53.5 Å². The molecule has 1 aromatic carbocycles. The van der Waals surface area contributed by atoms with Crippen molar-refractivity contribution in [2.24, 2.45) is 0 Å². The first-order valence-corrected chi connectivity index (χ1v) is 9.35. The molecule has 0 unspecified atom stereocenters. The molecule has 3 heterocycles. The van der Waals surface area contributed by atoms with Gasteiger partial charge in [-0.1, -0.05) is 24.3 Å². The summed E-state index contributed by atoms with van der Waals surface area (Å²) in [7, 11) is 0. The van der Waals surface area contributed by atoms with Crippen LogP contribution < -0.4 is 0 Å². The molecule has 4 rings (SSSR count). The van der Waals surface area contributed by atoms with Gasteiger partial charge in [-0.2, -0.15) is 0 Å². The molecule has 0 saturated carbocycles. The standard InChI is InChI=1S/C21H25N3O/c25-21(17-8-2-1-3-9-17)24-15-7-12-20(24)19-11-6-10-18(22-19)16-23-13-4-5-14-23/h1-3,6,8-11,20H,4-5,7,12-16H2/t20-/m1/s1. The number of aromatic nitrogens is 1. The van der Waals surface area contributed by atoms with E-state index in [1.165, 1.54) is 25.9 Å². The average molecular weight is 335 g/mol. The van der Waals surface area contributed by atoms with Gasteiger partial charge in [-0.25, -0.2) is 0 Å². The molecule has 2 aliphatic rings. The van der Waals surface area contributed by atoms with E-state index in [4.69, 9.17) is 4.98 Å². The van der Waals surface area contributed by atoms with Crippen molar-refractivity contribution in [1.29, 1.82) is 0 Å². The number of pyridine rings is 1. The Hall–Kier alpha value is -2.20. The first kappa shape index (κ1) is 16.3. The fourth-order valence-corrected chi connectivity index (χ4v) is 4.01. The van der Waals surface area contributed by atoms with Crippen molar-refractivity contribution >= 4 is 5.91 Å². The molecule has 1 amide bonds. The highest BCUT2D eigenvalue weighted by atomic mass is 16.2. The zero-order chi connectivity index (χ0) is 17.1. The maximum absolute atomic E-state index is 12.9. The third-order valence-electron chi connectivity index (χ3n) is 5.29. The summed E-state index contributed by atoms with van der Waals surface area (Å²) in [6.45, 7) is 4.09. The lowest BCUT2D eigenvalue weighted by Gasteiger charge is -2.25. The van der Waals surface area contributed by atoms with Gasteiger partial charge < -0.3 is 4.90 Å². The molecule has 2 aromatic rings. The fraction of sp³-hybridized carbons (Fsp3) is 0.429. The predicted molar refractivity (Wildman–Crippen MR) is 98.2 cm³/mol. The second kappa shape index (κ2) is 7.36. The van der Waals surface area contributed by atoms with Crippen molar-refractivity contribution in [2.45, 2.75) is 38.3 Å². The van der Waals surface area contributed by atoms with E-state index < -0.39 is 0 Å². The van der Waals surface area contributed by atoms with E-state index in [1.807, 2.05) is 35.2 Å². The number of rotatable bonds is 4. The number of amides is 1. The minimum absolute atomic E-state index is 0.103. The molecule has 2 fully saturated rings. The van der Waals surface area contributed by atoms with Gasteiger partial charge in [-0.3, -0.25) is 14.7 Å². The maximum atomic E-state index is 12.9. The quantitative estimate of drug-likeness (QED) is 0.856. The van der Waals surface area contributed by atoms with Crippen LogP contribution in [-0.2, 0) is 6.54 Å². The summed E-state index contributed by atoms with van der Waals surface area (Å²) >= 11 is 0. The predicted octanol–water partition coefficient (Wildman–Crippen LogP) is 3.65. The van der Waals surface area contributed by atoms with Crippen molar-refractivity contribution < 1.29 is 4.79 Å². The van der Waals surface area contributed by atoms with E-state index in [1.54, 1.807) is 0 Å². The summed E-state index contributed by atoms with van der Waals surface area (Å²) in [5, 5.41) is 0. The fourth-order valence-electron chi connectivity index (χ4n) is 4.01. The van der Waals surface area contributed by atoms with Crippen LogP contribution in [0.2, 0.25) is 0 Å². The molecule has 130 valence electrons. The Balaban J connectivity index is 1.52.